The van der Waals surface area contributed by atoms with E-state index in [1.807, 2.05) is 54.6 Å². The molecule has 0 fully saturated rings. The van der Waals surface area contributed by atoms with Crippen molar-refractivity contribution in [3.63, 3.8) is 0 Å². The summed E-state index contributed by atoms with van der Waals surface area (Å²) in [6.07, 6.45) is 1.03. The maximum atomic E-state index is 12.7. The van der Waals surface area contributed by atoms with Crippen LogP contribution >= 0.6 is 11.8 Å². The van der Waals surface area contributed by atoms with Crippen LogP contribution in [0.4, 0.5) is 0 Å². The molecule has 7 heteroatoms. The Balaban J connectivity index is 1.71. The molecular formula is C26H23NO5S. The van der Waals surface area contributed by atoms with Crippen LogP contribution < -0.4 is 14.2 Å². The second-order valence-corrected chi connectivity index (χ2v) is 8.92. The predicted octanol–water partition coefficient (Wildman–Crippen LogP) is 5.35. The zero-order chi connectivity index (χ0) is 22.9. The molecule has 0 amide bonds. The predicted molar refractivity (Wildman–Crippen MR) is 126 cm³/mol. The Bertz CT molecular complexity index is 1250. The van der Waals surface area contributed by atoms with Crippen molar-refractivity contribution < 1.29 is 24.1 Å². The SMILES string of the molecule is CCCSc1ccc2c(n1)C(c1ccc(OC)cc1)=C(C(=O)O)[C@H]2c1ccc2c(c1)OCO2. The van der Waals surface area contributed by atoms with E-state index in [9.17, 15) is 9.90 Å². The summed E-state index contributed by atoms with van der Waals surface area (Å²) in [4.78, 5) is 17.6. The molecule has 0 radical (unpaired) electrons. The summed E-state index contributed by atoms with van der Waals surface area (Å²) in [6.45, 7) is 2.29. The summed E-state index contributed by atoms with van der Waals surface area (Å²) in [5.74, 6) is 1.51. The number of fused-ring (bicyclic) bond motifs is 2. The highest BCUT2D eigenvalue weighted by Crippen LogP contribution is 2.49. The van der Waals surface area contributed by atoms with Gasteiger partial charge in [-0.2, -0.15) is 0 Å². The highest BCUT2D eigenvalue weighted by atomic mass is 32.2. The first kappa shape index (κ1) is 21.4. The average Bonchev–Trinajstić information content (AvgIpc) is 3.44. The molecule has 6 nitrogen and oxygen atoms in total. The fourth-order valence-corrected chi connectivity index (χ4v) is 5.05. The van der Waals surface area contributed by atoms with Crippen LogP contribution in [0.3, 0.4) is 0 Å². The van der Waals surface area contributed by atoms with E-state index in [2.05, 4.69) is 6.92 Å². The van der Waals surface area contributed by atoms with Gasteiger partial charge in [-0.3, -0.25) is 0 Å². The second-order valence-electron chi connectivity index (χ2n) is 7.80. The second kappa shape index (κ2) is 8.83. The number of methoxy groups -OCH3 is 1. The number of hydrogen-bond acceptors (Lipinski definition) is 6. The van der Waals surface area contributed by atoms with Crippen molar-refractivity contribution in [2.24, 2.45) is 0 Å². The van der Waals surface area contributed by atoms with Gasteiger partial charge in [0.1, 0.15) is 5.75 Å². The topological polar surface area (TPSA) is 77.9 Å². The van der Waals surface area contributed by atoms with Gasteiger partial charge in [-0.25, -0.2) is 9.78 Å². The normalized spacial score (nSPS) is 16.1. The molecule has 1 atom stereocenters. The lowest BCUT2D eigenvalue weighted by Gasteiger charge is -2.15. The number of carboxylic acid groups (broad SMARTS) is 1. The standard InChI is InChI=1S/C26H23NO5S/c1-3-12-33-21-11-9-18-22(16-6-10-19-20(13-16)32-14-31-19)24(26(28)29)23(25(18)27-21)15-4-7-17(30-2)8-5-15/h4-11,13,22H,3,12,14H2,1-2H3,(H,28,29)/t22-/m0/s1. The van der Waals surface area contributed by atoms with E-state index in [-0.39, 0.29) is 6.79 Å². The van der Waals surface area contributed by atoms with Crippen LogP contribution in [0, 0.1) is 0 Å². The summed E-state index contributed by atoms with van der Waals surface area (Å²) in [7, 11) is 1.61. The summed E-state index contributed by atoms with van der Waals surface area (Å²) in [6, 6.07) is 17.0. The molecule has 2 aliphatic rings. The summed E-state index contributed by atoms with van der Waals surface area (Å²) in [5, 5.41) is 11.3. The minimum Gasteiger partial charge on any atom is -0.497 e. The average molecular weight is 462 g/mol. The molecule has 33 heavy (non-hydrogen) atoms. The summed E-state index contributed by atoms with van der Waals surface area (Å²) >= 11 is 1.68. The van der Waals surface area contributed by atoms with Gasteiger partial charge in [0.05, 0.1) is 23.4 Å². The molecule has 1 aliphatic heterocycles. The van der Waals surface area contributed by atoms with E-state index < -0.39 is 11.9 Å². The lowest BCUT2D eigenvalue weighted by atomic mass is 9.88. The Hall–Kier alpha value is -3.45. The maximum absolute atomic E-state index is 12.7. The quantitative estimate of drug-likeness (QED) is 0.475. The van der Waals surface area contributed by atoms with Gasteiger partial charge in [-0.15, -0.1) is 11.8 Å². The first-order valence-electron chi connectivity index (χ1n) is 10.8. The molecule has 0 spiro atoms. The van der Waals surface area contributed by atoms with Gasteiger partial charge in [-0.05, 0) is 59.2 Å². The molecule has 3 aromatic rings. The van der Waals surface area contributed by atoms with Crippen molar-refractivity contribution in [2.75, 3.05) is 19.7 Å². The lowest BCUT2D eigenvalue weighted by Crippen LogP contribution is -2.10. The van der Waals surface area contributed by atoms with E-state index in [1.165, 1.54) is 0 Å². The number of aromatic nitrogens is 1. The fourth-order valence-electron chi connectivity index (χ4n) is 4.32. The zero-order valence-electron chi connectivity index (χ0n) is 18.3. The van der Waals surface area contributed by atoms with E-state index in [0.717, 1.165) is 33.9 Å². The number of carbonyl (C=O) groups is 1. The third-order valence-electron chi connectivity index (χ3n) is 5.80. The molecule has 2 aromatic carbocycles. The number of aliphatic carboxylic acids is 1. The Morgan fingerprint density at radius 3 is 2.64 bits per heavy atom. The molecule has 1 N–H and O–H groups in total. The maximum Gasteiger partial charge on any atom is 0.333 e. The molecular weight excluding hydrogens is 438 g/mol. The number of thioether (sulfide) groups is 1. The number of benzene rings is 2. The van der Waals surface area contributed by atoms with E-state index in [4.69, 9.17) is 19.2 Å². The van der Waals surface area contributed by atoms with Crippen molar-refractivity contribution in [3.8, 4) is 17.2 Å². The van der Waals surface area contributed by atoms with Gasteiger partial charge < -0.3 is 19.3 Å². The number of ether oxygens (including phenoxy) is 3. The zero-order valence-corrected chi connectivity index (χ0v) is 19.1. The summed E-state index contributed by atoms with van der Waals surface area (Å²) in [5.41, 5.74) is 4.15. The van der Waals surface area contributed by atoms with Crippen LogP contribution in [0.15, 0.2) is 65.2 Å². The van der Waals surface area contributed by atoms with Crippen molar-refractivity contribution >= 4 is 23.3 Å². The van der Waals surface area contributed by atoms with Crippen LogP contribution in [0.5, 0.6) is 17.2 Å². The van der Waals surface area contributed by atoms with Crippen molar-refractivity contribution in [1.82, 2.24) is 4.98 Å². The molecule has 1 aromatic heterocycles. The minimum atomic E-state index is -0.968. The van der Waals surface area contributed by atoms with Crippen LogP contribution in [0.1, 0.15) is 41.6 Å². The summed E-state index contributed by atoms with van der Waals surface area (Å²) < 4.78 is 16.3. The van der Waals surface area contributed by atoms with Gasteiger partial charge in [0.25, 0.3) is 0 Å². The molecule has 0 saturated heterocycles. The monoisotopic (exact) mass is 461 g/mol. The smallest absolute Gasteiger partial charge is 0.333 e. The molecule has 5 rings (SSSR count). The Morgan fingerprint density at radius 1 is 1.12 bits per heavy atom. The van der Waals surface area contributed by atoms with Crippen LogP contribution in [-0.4, -0.2) is 35.7 Å². The highest BCUT2D eigenvalue weighted by Gasteiger charge is 2.39. The number of rotatable bonds is 7. The molecule has 168 valence electrons. The highest BCUT2D eigenvalue weighted by molar-refractivity contribution is 7.99. The third-order valence-corrected chi connectivity index (χ3v) is 6.94. The molecule has 1 aliphatic carbocycles. The Kier molecular flexibility index (Phi) is 5.72. The Labute approximate surface area is 196 Å². The van der Waals surface area contributed by atoms with Gasteiger partial charge >= 0.3 is 5.97 Å². The molecule has 0 saturated carbocycles. The first-order valence-corrected chi connectivity index (χ1v) is 11.7. The Morgan fingerprint density at radius 2 is 1.91 bits per heavy atom. The molecule has 0 bridgehead atoms. The van der Waals surface area contributed by atoms with Gasteiger partial charge in [0.2, 0.25) is 6.79 Å². The van der Waals surface area contributed by atoms with E-state index in [0.29, 0.717) is 34.1 Å². The number of carboxylic acids is 1. The van der Waals surface area contributed by atoms with Gasteiger partial charge in [0.15, 0.2) is 11.5 Å². The van der Waals surface area contributed by atoms with Crippen LogP contribution in [0.25, 0.3) is 5.57 Å². The van der Waals surface area contributed by atoms with Crippen molar-refractivity contribution in [3.05, 3.63) is 82.6 Å². The first-order chi connectivity index (χ1) is 16.1. The van der Waals surface area contributed by atoms with Crippen molar-refractivity contribution in [1.29, 1.82) is 0 Å². The van der Waals surface area contributed by atoms with E-state index in [1.54, 1.807) is 18.9 Å². The number of pyridine rings is 1. The number of nitrogens with zero attached hydrogens (tertiary/aromatic N) is 1. The minimum absolute atomic E-state index is 0.165. The fraction of sp³-hybridized carbons (Fsp3) is 0.231. The van der Waals surface area contributed by atoms with Crippen LogP contribution in [0.2, 0.25) is 0 Å². The van der Waals surface area contributed by atoms with Gasteiger partial charge in [0, 0.05) is 11.5 Å². The largest absolute Gasteiger partial charge is 0.497 e. The third kappa shape index (κ3) is 3.82. The van der Waals surface area contributed by atoms with E-state index >= 15 is 0 Å². The molecule has 2 heterocycles. The van der Waals surface area contributed by atoms with Gasteiger partial charge in [-0.1, -0.05) is 31.2 Å². The van der Waals surface area contributed by atoms with Crippen molar-refractivity contribution in [2.45, 2.75) is 24.3 Å². The number of hydrogen-bond donors (Lipinski definition) is 1. The molecule has 0 unspecified atom stereocenters. The lowest BCUT2D eigenvalue weighted by molar-refractivity contribution is -0.132. The van der Waals surface area contributed by atoms with Crippen LogP contribution in [-0.2, 0) is 4.79 Å².